The topological polar surface area (TPSA) is 89.3 Å². The van der Waals surface area contributed by atoms with Crippen LogP contribution < -0.4 is 10.1 Å². The van der Waals surface area contributed by atoms with Gasteiger partial charge in [-0.25, -0.2) is 4.68 Å². The van der Waals surface area contributed by atoms with Crippen molar-refractivity contribution in [3.63, 3.8) is 0 Å². The molecule has 0 aromatic carbocycles. The van der Waals surface area contributed by atoms with E-state index in [1.807, 2.05) is 39.3 Å². The lowest BCUT2D eigenvalue weighted by Crippen LogP contribution is -2.27. The number of carbonyl (C=O) groups is 1. The van der Waals surface area contributed by atoms with Crippen LogP contribution in [0.4, 0.5) is 5.82 Å². The van der Waals surface area contributed by atoms with Crippen LogP contribution in [0.3, 0.4) is 0 Å². The minimum Gasteiger partial charge on any atom is -0.506 e. The largest absolute Gasteiger partial charge is 0.506 e. The number of hydrogen-bond donors (Lipinski definition) is 2. The molecular formula is C17H24N4O3. The Morgan fingerprint density at radius 2 is 2.04 bits per heavy atom. The number of carbonyl (C=O) groups excluding carboxylic acids is 1. The lowest BCUT2D eigenvalue weighted by molar-refractivity contribution is -0.115. The molecule has 0 saturated heterocycles. The van der Waals surface area contributed by atoms with Gasteiger partial charge in [0.1, 0.15) is 17.3 Å². The lowest BCUT2D eigenvalue weighted by Gasteiger charge is -2.23. The third-order valence-corrected chi connectivity index (χ3v) is 3.72. The van der Waals surface area contributed by atoms with Crippen LogP contribution in [-0.2, 0) is 16.8 Å². The number of pyridine rings is 1. The number of methoxy groups -OCH3 is 1. The Morgan fingerprint density at radius 3 is 2.62 bits per heavy atom. The van der Waals surface area contributed by atoms with E-state index in [1.165, 1.54) is 19.4 Å². The number of aromatic hydroxyl groups is 1. The van der Waals surface area contributed by atoms with Gasteiger partial charge >= 0.3 is 0 Å². The highest BCUT2D eigenvalue weighted by Gasteiger charge is 2.23. The van der Waals surface area contributed by atoms with Crippen LogP contribution in [-0.4, -0.2) is 32.9 Å². The summed E-state index contributed by atoms with van der Waals surface area (Å²) in [6.07, 6.45) is 1.33. The molecule has 0 unspecified atom stereocenters. The fraction of sp³-hybridized carbons (Fsp3) is 0.471. The standard InChI is InChI=1S/C17H24N4O3/c1-10-11(2)20-21(17(3,4)5)16(10)19-15(23)8-13-14(24-6)7-12(22)9-18-13/h7,9,22H,8H2,1-6H3,(H,19,23). The first-order chi connectivity index (χ1) is 11.1. The van der Waals surface area contributed by atoms with Crippen LogP contribution >= 0.6 is 0 Å². The molecule has 2 aromatic heterocycles. The Hall–Kier alpha value is -2.57. The van der Waals surface area contributed by atoms with Crippen molar-refractivity contribution in [3.05, 3.63) is 29.2 Å². The Balaban J connectivity index is 2.25. The second kappa shape index (κ2) is 6.51. The van der Waals surface area contributed by atoms with E-state index in [4.69, 9.17) is 4.74 Å². The molecule has 24 heavy (non-hydrogen) atoms. The first-order valence-electron chi connectivity index (χ1n) is 7.72. The number of rotatable bonds is 4. The zero-order chi connectivity index (χ0) is 18.1. The van der Waals surface area contributed by atoms with Crippen molar-refractivity contribution in [2.24, 2.45) is 0 Å². The van der Waals surface area contributed by atoms with Gasteiger partial charge in [0.05, 0.1) is 36.7 Å². The highest BCUT2D eigenvalue weighted by molar-refractivity contribution is 5.92. The van der Waals surface area contributed by atoms with E-state index >= 15 is 0 Å². The smallest absolute Gasteiger partial charge is 0.231 e. The molecule has 2 N–H and O–H groups in total. The summed E-state index contributed by atoms with van der Waals surface area (Å²) in [5.41, 5.74) is 2.02. The molecule has 0 atom stereocenters. The van der Waals surface area contributed by atoms with E-state index in [2.05, 4.69) is 15.4 Å². The summed E-state index contributed by atoms with van der Waals surface area (Å²) in [6, 6.07) is 1.43. The third kappa shape index (κ3) is 3.67. The Bertz CT molecular complexity index is 760. The summed E-state index contributed by atoms with van der Waals surface area (Å²) < 4.78 is 6.98. The van der Waals surface area contributed by atoms with Gasteiger partial charge in [-0.1, -0.05) is 0 Å². The van der Waals surface area contributed by atoms with E-state index < -0.39 is 0 Å². The summed E-state index contributed by atoms with van der Waals surface area (Å²) in [4.78, 5) is 16.5. The molecule has 0 saturated carbocycles. The minimum absolute atomic E-state index is 0.00622. The summed E-state index contributed by atoms with van der Waals surface area (Å²) in [5, 5.41) is 16.9. The molecule has 130 valence electrons. The van der Waals surface area contributed by atoms with E-state index in [0.717, 1.165) is 11.3 Å². The third-order valence-electron chi connectivity index (χ3n) is 3.72. The maximum absolute atomic E-state index is 12.5. The van der Waals surface area contributed by atoms with Gasteiger partial charge in [-0.3, -0.25) is 9.78 Å². The number of nitrogens with one attached hydrogen (secondary N) is 1. The van der Waals surface area contributed by atoms with Gasteiger partial charge in [-0.05, 0) is 34.6 Å². The molecule has 7 nitrogen and oxygen atoms in total. The quantitative estimate of drug-likeness (QED) is 0.898. The Morgan fingerprint density at radius 1 is 1.38 bits per heavy atom. The number of hydrogen-bond acceptors (Lipinski definition) is 5. The fourth-order valence-corrected chi connectivity index (χ4v) is 2.34. The maximum Gasteiger partial charge on any atom is 0.231 e. The molecular weight excluding hydrogens is 308 g/mol. The highest BCUT2D eigenvalue weighted by Crippen LogP contribution is 2.26. The van der Waals surface area contributed by atoms with Crippen molar-refractivity contribution >= 4 is 11.7 Å². The summed E-state index contributed by atoms with van der Waals surface area (Å²) in [6.45, 7) is 9.93. The van der Waals surface area contributed by atoms with Crippen LogP contribution in [0.2, 0.25) is 0 Å². The predicted molar refractivity (Wildman–Crippen MR) is 91.5 cm³/mol. The average Bonchev–Trinajstić information content (AvgIpc) is 2.77. The number of aryl methyl sites for hydroxylation is 1. The summed E-state index contributed by atoms with van der Waals surface area (Å²) >= 11 is 0. The van der Waals surface area contributed by atoms with Crippen LogP contribution in [0.5, 0.6) is 11.5 Å². The van der Waals surface area contributed by atoms with Crippen LogP contribution in [0.15, 0.2) is 12.3 Å². The molecule has 0 aliphatic rings. The van der Waals surface area contributed by atoms with Gasteiger partial charge in [-0.2, -0.15) is 5.10 Å². The fourth-order valence-electron chi connectivity index (χ4n) is 2.34. The van der Waals surface area contributed by atoms with Crippen molar-refractivity contribution in [2.75, 3.05) is 12.4 Å². The van der Waals surface area contributed by atoms with Crippen molar-refractivity contribution < 1.29 is 14.6 Å². The normalized spacial score (nSPS) is 11.4. The van der Waals surface area contributed by atoms with E-state index in [0.29, 0.717) is 17.3 Å². The first-order valence-corrected chi connectivity index (χ1v) is 7.72. The van der Waals surface area contributed by atoms with Gasteiger partial charge in [0.15, 0.2) is 0 Å². The SMILES string of the molecule is COc1cc(O)cnc1CC(=O)Nc1c(C)c(C)nn1C(C)(C)C. The molecule has 0 aliphatic heterocycles. The number of ether oxygens (including phenoxy) is 1. The van der Waals surface area contributed by atoms with Crippen molar-refractivity contribution in [2.45, 2.75) is 46.6 Å². The van der Waals surface area contributed by atoms with Crippen molar-refractivity contribution in [1.82, 2.24) is 14.8 Å². The highest BCUT2D eigenvalue weighted by atomic mass is 16.5. The van der Waals surface area contributed by atoms with E-state index in [9.17, 15) is 9.90 Å². The van der Waals surface area contributed by atoms with E-state index in [1.54, 1.807) is 0 Å². The number of aromatic nitrogens is 3. The molecule has 2 heterocycles. The number of nitrogens with zero attached hydrogens (tertiary/aromatic N) is 3. The van der Waals surface area contributed by atoms with Gasteiger partial charge in [0.2, 0.25) is 5.91 Å². The maximum atomic E-state index is 12.5. The molecule has 0 bridgehead atoms. The van der Waals surface area contributed by atoms with Crippen LogP contribution in [0.1, 0.15) is 37.7 Å². The van der Waals surface area contributed by atoms with Crippen molar-refractivity contribution in [3.8, 4) is 11.5 Å². The minimum atomic E-state index is -0.254. The zero-order valence-corrected chi connectivity index (χ0v) is 15.0. The van der Waals surface area contributed by atoms with Gasteiger partial charge in [-0.15, -0.1) is 0 Å². The van der Waals surface area contributed by atoms with Gasteiger partial charge < -0.3 is 15.2 Å². The molecule has 2 aromatic rings. The predicted octanol–water partition coefficient (Wildman–Crippen LogP) is 2.55. The Labute approximate surface area is 141 Å². The molecule has 0 spiro atoms. The Kier molecular flexibility index (Phi) is 4.82. The molecule has 0 aliphatic carbocycles. The second-order valence-electron chi connectivity index (χ2n) is 6.71. The van der Waals surface area contributed by atoms with Gasteiger partial charge in [0, 0.05) is 11.6 Å². The number of anilines is 1. The zero-order valence-electron chi connectivity index (χ0n) is 15.0. The molecule has 1 amide bonds. The molecule has 0 radical (unpaired) electrons. The van der Waals surface area contributed by atoms with E-state index in [-0.39, 0.29) is 23.6 Å². The van der Waals surface area contributed by atoms with Crippen molar-refractivity contribution in [1.29, 1.82) is 0 Å². The van der Waals surface area contributed by atoms with Crippen LogP contribution in [0, 0.1) is 13.8 Å². The molecule has 7 heteroatoms. The summed E-state index contributed by atoms with van der Waals surface area (Å²) in [5.74, 6) is 0.832. The number of amides is 1. The summed E-state index contributed by atoms with van der Waals surface area (Å²) in [7, 11) is 1.47. The first kappa shape index (κ1) is 17.8. The molecule has 0 fully saturated rings. The second-order valence-corrected chi connectivity index (χ2v) is 6.71. The van der Waals surface area contributed by atoms with Crippen LogP contribution in [0.25, 0.3) is 0 Å². The van der Waals surface area contributed by atoms with Gasteiger partial charge in [0.25, 0.3) is 0 Å². The monoisotopic (exact) mass is 332 g/mol. The molecule has 2 rings (SSSR count). The average molecular weight is 332 g/mol. The lowest BCUT2D eigenvalue weighted by atomic mass is 10.1.